The van der Waals surface area contributed by atoms with Gasteiger partial charge in [-0.25, -0.2) is 4.98 Å². The molecule has 0 spiro atoms. The van der Waals surface area contributed by atoms with Crippen LogP contribution in [0.25, 0.3) is 0 Å². The fourth-order valence-corrected chi connectivity index (χ4v) is 5.26. The number of rotatable bonds is 8. The van der Waals surface area contributed by atoms with Crippen LogP contribution in [0, 0.1) is 0 Å². The summed E-state index contributed by atoms with van der Waals surface area (Å²) in [6.45, 7) is 5.29. The van der Waals surface area contributed by atoms with Gasteiger partial charge in [0.15, 0.2) is 0 Å². The third kappa shape index (κ3) is 4.32. The Morgan fingerprint density at radius 3 is 2.45 bits per heavy atom. The SMILES string of the molecule is CCOP(OCC)SC(c1ccccc1)c1cnc[nH]1. The number of H-pyrrole nitrogens is 1. The highest BCUT2D eigenvalue weighted by molar-refractivity contribution is 8.53. The molecular weight excluding hydrogens is 291 g/mol. The zero-order valence-electron chi connectivity index (χ0n) is 11.7. The van der Waals surface area contributed by atoms with Gasteiger partial charge in [0.05, 0.1) is 30.5 Å². The van der Waals surface area contributed by atoms with Crippen LogP contribution >= 0.6 is 19.0 Å². The van der Waals surface area contributed by atoms with Crippen LogP contribution in [0.1, 0.15) is 30.4 Å². The van der Waals surface area contributed by atoms with Crippen molar-refractivity contribution in [1.82, 2.24) is 9.97 Å². The molecule has 0 saturated carbocycles. The number of hydrogen-bond donors (Lipinski definition) is 1. The largest absolute Gasteiger partial charge is 0.347 e. The van der Waals surface area contributed by atoms with E-state index in [0.717, 1.165) is 5.69 Å². The number of nitrogens with one attached hydrogen (secondary N) is 1. The minimum Gasteiger partial charge on any atom is -0.347 e. The van der Waals surface area contributed by atoms with Gasteiger partial charge in [0.25, 0.3) is 0 Å². The smallest absolute Gasteiger partial charge is 0.239 e. The predicted molar refractivity (Wildman–Crippen MR) is 84.6 cm³/mol. The maximum atomic E-state index is 5.70. The summed E-state index contributed by atoms with van der Waals surface area (Å²) < 4.78 is 11.4. The Bertz CT molecular complexity index is 475. The molecule has 2 rings (SSSR count). The first kappa shape index (κ1) is 15.5. The average Bonchev–Trinajstić information content (AvgIpc) is 3.00. The Kier molecular flexibility index (Phi) is 6.54. The van der Waals surface area contributed by atoms with E-state index in [0.29, 0.717) is 13.2 Å². The normalized spacial score (nSPS) is 12.8. The first-order valence-electron chi connectivity index (χ1n) is 6.61. The molecular formula is C14H19N2O2PS. The van der Waals surface area contributed by atoms with Gasteiger partial charge in [-0.05, 0) is 19.4 Å². The molecule has 1 aromatic carbocycles. The van der Waals surface area contributed by atoms with E-state index in [1.807, 2.05) is 38.2 Å². The quantitative estimate of drug-likeness (QED) is 0.728. The van der Waals surface area contributed by atoms with E-state index in [1.165, 1.54) is 5.56 Å². The number of imidazole rings is 1. The first-order chi connectivity index (χ1) is 9.85. The molecule has 108 valence electrons. The van der Waals surface area contributed by atoms with Crippen molar-refractivity contribution in [2.45, 2.75) is 19.1 Å². The highest BCUT2D eigenvalue weighted by atomic mass is 32.7. The van der Waals surface area contributed by atoms with Crippen LogP contribution in [0.3, 0.4) is 0 Å². The molecule has 1 atom stereocenters. The summed E-state index contributed by atoms with van der Waals surface area (Å²) in [5, 5.41) is 0.142. The Morgan fingerprint density at radius 1 is 1.20 bits per heavy atom. The van der Waals surface area contributed by atoms with Gasteiger partial charge in [0.2, 0.25) is 7.58 Å². The highest BCUT2D eigenvalue weighted by Gasteiger charge is 2.23. The molecule has 0 saturated heterocycles. The van der Waals surface area contributed by atoms with Crippen molar-refractivity contribution in [2.75, 3.05) is 13.2 Å². The second-order valence-corrected chi connectivity index (χ2v) is 7.13. The fourth-order valence-electron chi connectivity index (χ4n) is 1.73. The predicted octanol–water partition coefficient (Wildman–Crippen LogP) is 4.53. The number of nitrogens with zero attached hydrogens (tertiary/aromatic N) is 1. The summed E-state index contributed by atoms with van der Waals surface area (Å²) >= 11 is 1.70. The molecule has 0 radical (unpaired) electrons. The third-order valence-electron chi connectivity index (χ3n) is 2.56. The summed E-state index contributed by atoms with van der Waals surface area (Å²) in [6, 6.07) is 10.3. The van der Waals surface area contributed by atoms with Crippen LogP contribution in [0.15, 0.2) is 42.9 Å². The average molecular weight is 310 g/mol. The van der Waals surface area contributed by atoms with Gasteiger partial charge in [-0.3, -0.25) is 0 Å². The first-order valence-corrected chi connectivity index (χ1v) is 9.27. The van der Waals surface area contributed by atoms with Crippen LogP contribution in [-0.4, -0.2) is 23.2 Å². The molecule has 0 bridgehead atoms. The summed E-state index contributed by atoms with van der Waals surface area (Å²) in [5.41, 5.74) is 2.28. The fraction of sp³-hybridized carbons (Fsp3) is 0.357. The van der Waals surface area contributed by atoms with Gasteiger partial charge in [-0.15, -0.1) is 0 Å². The zero-order chi connectivity index (χ0) is 14.2. The van der Waals surface area contributed by atoms with E-state index in [4.69, 9.17) is 9.05 Å². The lowest BCUT2D eigenvalue weighted by Gasteiger charge is -2.21. The molecule has 1 N–H and O–H groups in total. The Balaban J connectivity index is 2.19. The minimum atomic E-state index is -0.960. The van der Waals surface area contributed by atoms with E-state index in [2.05, 4.69) is 22.1 Å². The Labute approximate surface area is 125 Å². The lowest BCUT2D eigenvalue weighted by Crippen LogP contribution is -1.98. The highest BCUT2D eigenvalue weighted by Crippen LogP contribution is 2.59. The molecule has 1 aromatic heterocycles. The number of benzene rings is 1. The second kappa shape index (κ2) is 8.42. The van der Waals surface area contributed by atoms with E-state index < -0.39 is 7.58 Å². The van der Waals surface area contributed by atoms with Gasteiger partial charge in [0, 0.05) is 6.20 Å². The van der Waals surface area contributed by atoms with Crippen LogP contribution < -0.4 is 0 Å². The van der Waals surface area contributed by atoms with Crippen molar-refractivity contribution in [1.29, 1.82) is 0 Å². The van der Waals surface area contributed by atoms with E-state index >= 15 is 0 Å². The Morgan fingerprint density at radius 2 is 1.90 bits per heavy atom. The van der Waals surface area contributed by atoms with E-state index in [-0.39, 0.29) is 5.25 Å². The molecule has 1 heterocycles. The van der Waals surface area contributed by atoms with Gasteiger partial charge in [-0.1, -0.05) is 41.7 Å². The molecule has 0 aliphatic rings. The van der Waals surface area contributed by atoms with Gasteiger partial charge < -0.3 is 14.0 Å². The minimum absolute atomic E-state index is 0.142. The van der Waals surface area contributed by atoms with E-state index in [1.54, 1.807) is 17.7 Å². The molecule has 2 aromatic rings. The zero-order valence-corrected chi connectivity index (χ0v) is 13.4. The number of aromatic amines is 1. The van der Waals surface area contributed by atoms with Crippen molar-refractivity contribution in [2.24, 2.45) is 0 Å². The Hall–Kier alpha value is -0.870. The summed E-state index contributed by atoms with van der Waals surface area (Å²) in [7, 11) is -0.960. The number of aromatic nitrogens is 2. The standard InChI is InChI=1S/C14H19N2O2PS/c1-3-17-19(18-4-2)20-14(13-10-15-11-16-13)12-8-6-5-7-9-12/h5-11,14H,3-4H2,1-2H3,(H,15,16). The van der Waals surface area contributed by atoms with Crippen molar-refractivity contribution in [3.8, 4) is 0 Å². The third-order valence-corrected chi connectivity index (χ3v) is 6.19. The van der Waals surface area contributed by atoms with E-state index in [9.17, 15) is 0 Å². The molecule has 4 nitrogen and oxygen atoms in total. The topological polar surface area (TPSA) is 47.1 Å². The van der Waals surface area contributed by atoms with Crippen LogP contribution in [0.2, 0.25) is 0 Å². The van der Waals surface area contributed by atoms with Gasteiger partial charge in [-0.2, -0.15) is 0 Å². The molecule has 1 unspecified atom stereocenters. The lowest BCUT2D eigenvalue weighted by molar-refractivity contribution is 0.283. The monoisotopic (exact) mass is 310 g/mol. The number of hydrogen-bond acceptors (Lipinski definition) is 4. The summed E-state index contributed by atoms with van der Waals surface area (Å²) in [6.07, 6.45) is 3.56. The van der Waals surface area contributed by atoms with Crippen LogP contribution in [0.4, 0.5) is 0 Å². The summed E-state index contributed by atoms with van der Waals surface area (Å²) in [5.74, 6) is 0. The molecule has 20 heavy (non-hydrogen) atoms. The van der Waals surface area contributed by atoms with Crippen molar-refractivity contribution < 1.29 is 9.05 Å². The molecule has 0 amide bonds. The van der Waals surface area contributed by atoms with Crippen molar-refractivity contribution in [3.05, 3.63) is 54.1 Å². The molecule has 0 aliphatic carbocycles. The second-order valence-electron chi connectivity index (χ2n) is 3.96. The van der Waals surface area contributed by atoms with Gasteiger partial charge >= 0.3 is 0 Å². The van der Waals surface area contributed by atoms with Crippen molar-refractivity contribution in [3.63, 3.8) is 0 Å². The molecule has 0 aliphatic heterocycles. The summed E-state index contributed by atoms with van der Waals surface area (Å²) in [4.78, 5) is 7.32. The van der Waals surface area contributed by atoms with Crippen molar-refractivity contribution >= 4 is 19.0 Å². The maximum Gasteiger partial charge on any atom is 0.239 e. The molecule has 6 heteroatoms. The molecule has 0 fully saturated rings. The maximum absolute atomic E-state index is 5.70. The van der Waals surface area contributed by atoms with Crippen LogP contribution in [0.5, 0.6) is 0 Å². The van der Waals surface area contributed by atoms with Crippen LogP contribution in [-0.2, 0) is 9.05 Å². The lowest BCUT2D eigenvalue weighted by atomic mass is 10.1. The van der Waals surface area contributed by atoms with Gasteiger partial charge in [0.1, 0.15) is 0 Å².